The van der Waals surface area contributed by atoms with E-state index < -0.39 is 15.6 Å². The molecular formula is C16H35N5O2S. The van der Waals surface area contributed by atoms with Crippen molar-refractivity contribution in [3.63, 3.8) is 0 Å². The van der Waals surface area contributed by atoms with Crippen molar-refractivity contribution in [2.75, 3.05) is 32.4 Å². The molecule has 3 N–H and O–H groups in total. The van der Waals surface area contributed by atoms with Crippen LogP contribution in [0.3, 0.4) is 0 Å². The van der Waals surface area contributed by atoms with Crippen molar-refractivity contribution in [1.82, 2.24) is 20.3 Å². The summed E-state index contributed by atoms with van der Waals surface area (Å²) in [5, 5.41) is 6.76. The summed E-state index contributed by atoms with van der Waals surface area (Å²) in [4.78, 5) is 7.05. The maximum absolute atomic E-state index is 11.4. The highest BCUT2D eigenvalue weighted by atomic mass is 32.2. The van der Waals surface area contributed by atoms with Crippen molar-refractivity contribution in [3.8, 4) is 0 Å². The number of likely N-dealkylation sites (tertiary alicyclic amines) is 1. The first-order valence-corrected chi connectivity index (χ1v) is 10.6. The lowest BCUT2D eigenvalue weighted by atomic mass is 10.1. The zero-order valence-electron chi connectivity index (χ0n) is 16.2. The second-order valence-corrected chi connectivity index (χ2v) is 9.48. The second-order valence-electron chi connectivity index (χ2n) is 7.73. The molecule has 0 spiro atoms. The second kappa shape index (κ2) is 8.49. The van der Waals surface area contributed by atoms with Gasteiger partial charge in [-0.1, -0.05) is 6.92 Å². The van der Waals surface area contributed by atoms with E-state index in [1.165, 1.54) is 6.26 Å². The van der Waals surface area contributed by atoms with Gasteiger partial charge < -0.3 is 10.6 Å². The summed E-state index contributed by atoms with van der Waals surface area (Å²) < 4.78 is 25.5. The number of sulfonamides is 1. The van der Waals surface area contributed by atoms with Crippen LogP contribution in [0, 0.1) is 5.92 Å². The lowest BCUT2D eigenvalue weighted by Gasteiger charge is -2.25. The van der Waals surface area contributed by atoms with Crippen molar-refractivity contribution in [1.29, 1.82) is 0 Å². The Morgan fingerprint density at radius 2 is 1.96 bits per heavy atom. The van der Waals surface area contributed by atoms with E-state index in [1.54, 1.807) is 0 Å². The molecular weight excluding hydrogens is 326 g/mol. The SMILES string of the molecule is CCNC(=NCC(C)(C)NS(C)(=O)=O)NC1CN(C(C)C)CC1C. The molecule has 2 unspecified atom stereocenters. The van der Waals surface area contributed by atoms with Crippen molar-refractivity contribution in [2.45, 2.75) is 59.2 Å². The molecule has 0 aromatic rings. The monoisotopic (exact) mass is 361 g/mol. The van der Waals surface area contributed by atoms with E-state index in [4.69, 9.17) is 0 Å². The Morgan fingerprint density at radius 3 is 2.42 bits per heavy atom. The Hall–Kier alpha value is -0.860. The predicted molar refractivity (Wildman–Crippen MR) is 101 cm³/mol. The van der Waals surface area contributed by atoms with Gasteiger partial charge in [0.1, 0.15) is 0 Å². The fourth-order valence-corrected chi connectivity index (χ4v) is 3.99. The summed E-state index contributed by atoms with van der Waals surface area (Å²) in [5.74, 6) is 1.28. The summed E-state index contributed by atoms with van der Waals surface area (Å²) in [5.41, 5.74) is -0.624. The van der Waals surface area contributed by atoms with Crippen LogP contribution in [-0.2, 0) is 10.0 Å². The van der Waals surface area contributed by atoms with Gasteiger partial charge in [-0.2, -0.15) is 0 Å². The van der Waals surface area contributed by atoms with Gasteiger partial charge >= 0.3 is 0 Å². The molecule has 7 nitrogen and oxygen atoms in total. The normalized spacial score (nSPS) is 23.8. The van der Waals surface area contributed by atoms with Crippen LogP contribution in [0.5, 0.6) is 0 Å². The highest BCUT2D eigenvalue weighted by Gasteiger charge is 2.31. The highest BCUT2D eigenvalue weighted by Crippen LogP contribution is 2.18. The lowest BCUT2D eigenvalue weighted by molar-refractivity contribution is 0.265. The van der Waals surface area contributed by atoms with Crippen molar-refractivity contribution >= 4 is 16.0 Å². The minimum atomic E-state index is -3.26. The first-order valence-electron chi connectivity index (χ1n) is 8.71. The fraction of sp³-hybridized carbons (Fsp3) is 0.938. The summed E-state index contributed by atoms with van der Waals surface area (Å²) >= 11 is 0. The van der Waals surface area contributed by atoms with E-state index >= 15 is 0 Å². The average molecular weight is 362 g/mol. The van der Waals surface area contributed by atoms with Gasteiger partial charge in [-0.3, -0.25) is 9.89 Å². The van der Waals surface area contributed by atoms with Gasteiger partial charge in [-0.15, -0.1) is 0 Å². The Balaban J connectivity index is 2.73. The van der Waals surface area contributed by atoms with Gasteiger partial charge in [0, 0.05) is 37.3 Å². The first-order chi connectivity index (χ1) is 10.9. The first kappa shape index (κ1) is 21.2. The number of rotatable bonds is 7. The highest BCUT2D eigenvalue weighted by molar-refractivity contribution is 7.88. The van der Waals surface area contributed by atoms with Crippen LogP contribution in [0.25, 0.3) is 0 Å². The fourth-order valence-electron chi connectivity index (χ4n) is 2.92. The molecule has 1 fully saturated rings. The number of guanidine groups is 1. The standard InChI is InChI=1S/C16H35N5O2S/c1-8-17-15(18-11-16(5,6)20-24(7,22)23)19-14-10-21(12(2)3)9-13(14)4/h12-14,20H,8-11H2,1-7H3,(H2,17,18,19). The van der Waals surface area contributed by atoms with Crippen LogP contribution in [0.15, 0.2) is 4.99 Å². The van der Waals surface area contributed by atoms with E-state index in [-0.39, 0.29) is 0 Å². The topological polar surface area (TPSA) is 85.8 Å². The molecule has 0 radical (unpaired) electrons. The minimum absolute atomic E-state index is 0.344. The summed E-state index contributed by atoms with van der Waals surface area (Å²) in [7, 11) is -3.26. The maximum atomic E-state index is 11.4. The van der Waals surface area contributed by atoms with Crippen molar-refractivity contribution in [3.05, 3.63) is 0 Å². The predicted octanol–water partition coefficient (Wildman–Crippen LogP) is 0.598. The van der Waals surface area contributed by atoms with E-state index in [0.29, 0.717) is 24.5 Å². The number of hydrogen-bond acceptors (Lipinski definition) is 4. The molecule has 1 heterocycles. The third-order valence-electron chi connectivity index (χ3n) is 4.13. The molecule has 8 heteroatoms. The van der Waals surface area contributed by atoms with Gasteiger partial charge in [0.05, 0.1) is 12.8 Å². The largest absolute Gasteiger partial charge is 0.357 e. The molecule has 1 aliphatic rings. The zero-order valence-corrected chi connectivity index (χ0v) is 17.0. The van der Waals surface area contributed by atoms with E-state index in [0.717, 1.165) is 25.6 Å². The third-order valence-corrected chi connectivity index (χ3v) is 5.05. The number of nitrogens with one attached hydrogen (secondary N) is 3. The third kappa shape index (κ3) is 7.36. The molecule has 0 aromatic heterocycles. The Morgan fingerprint density at radius 1 is 1.33 bits per heavy atom. The van der Waals surface area contributed by atoms with Gasteiger partial charge in [0.25, 0.3) is 0 Å². The maximum Gasteiger partial charge on any atom is 0.209 e. The van der Waals surface area contributed by atoms with Crippen molar-refractivity contribution < 1.29 is 8.42 Å². The average Bonchev–Trinajstić information content (AvgIpc) is 2.75. The molecule has 0 aromatic carbocycles. The molecule has 0 amide bonds. The van der Waals surface area contributed by atoms with Gasteiger partial charge in [0.2, 0.25) is 10.0 Å². The molecule has 1 rings (SSSR count). The molecule has 1 aliphatic heterocycles. The smallest absolute Gasteiger partial charge is 0.209 e. The van der Waals surface area contributed by atoms with Crippen LogP contribution in [0.2, 0.25) is 0 Å². The number of aliphatic imine (C=N–C) groups is 1. The van der Waals surface area contributed by atoms with E-state index in [2.05, 4.69) is 46.0 Å². The Labute approximate surface area is 147 Å². The van der Waals surface area contributed by atoms with E-state index in [1.807, 2.05) is 20.8 Å². The molecule has 24 heavy (non-hydrogen) atoms. The molecule has 1 saturated heterocycles. The Bertz CT molecular complexity index is 531. The zero-order chi connectivity index (χ0) is 18.5. The summed E-state index contributed by atoms with van der Waals surface area (Å²) in [6.07, 6.45) is 1.17. The van der Waals surface area contributed by atoms with Crippen LogP contribution in [0.4, 0.5) is 0 Å². The number of nitrogens with zero attached hydrogens (tertiary/aromatic N) is 2. The van der Waals surface area contributed by atoms with E-state index in [9.17, 15) is 8.42 Å². The summed E-state index contributed by atoms with van der Waals surface area (Å²) in [6.45, 7) is 15.6. The van der Waals surface area contributed by atoms with Gasteiger partial charge in [0.15, 0.2) is 5.96 Å². The number of hydrogen-bond donors (Lipinski definition) is 3. The molecule has 0 saturated carbocycles. The molecule has 142 valence electrons. The lowest BCUT2D eigenvalue weighted by Crippen LogP contribution is -2.49. The van der Waals surface area contributed by atoms with Crippen LogP contribution in [-0.4, -0.2) is 69.3 Å². The summed E-state index contributed by atoms with van der Waals surface area (Å²) in [6, 6.07) is 0.882. The molecule has 2 atom stereocenters. The Kier molecular flexibility index (Phi) is 7.49. The van der Waals surface area contributed by atoms with Crippen molar-refractivity contribution in [2.24, 2.45) is 10.9 Å². The van der Waals surface area contributed by atoms with Crippen LogP contribution >= 0.6 is 0 Å². The minimum Gasteiger partial charge on any atom is -0.357 e. The van der Waals surface area contributed by atoms with Gasteiger partial charge in [-0.25, -0.2) is 13.1 Å². The molecule has 0 aliphatic carbocycles. The van der Waals surface area contributed by atoms with Gasteiger partial charge in [-0.05, 0) is 40.5 Å². The molecule has 0 bridgehead atoms. The van der Waals surface area contributed by atoms with Crippen LogP contribution in [0.1, 0.15) is 41.5 Å². The van der Waals surface area contributed by atoms with Crippen LogP contribution < -0.4 is 15.4 Å². The quantitative estimate of drug-likeness (QED) is 0.457.